The molecule has 0 saturated carbocycles. The van der Waals surface area contributed by atoms with Crippen molar-refractivity contribution in [2.45, 2.75) is 6.92 Å². The maximum atomic E-state index is 12.9. The quantitative estimate of drug-likeness (QED) is 0.441. The number of amides is 4. The lowest BCUT2D eigenvalue weighted by molar-refractivity contribution is -0.137. The van der Waals surface area contributed by atoms with Gasteiger partial charge in [0.05, 0.1) is 37.5 Å². The molecule has 4 rings (SSSR count). The predicted molar refractivity (Wildman–Crippen MR) is 145 cm³/mol. The normalized spacial score (nSPS) is 16.4. The summed E-state index contributed by atoms with van der Waals surface area (Å²) in [5, 5.41) is 2.11. The van der Waals surface area contributed by atoms with Crippen LogP contribution < -0.4 is 19.5 Å². The minimum absolute atomic E-state index is 0.144. The first-order valence-electron chi connectivity index (χ1n) is 12.3. The molecule has 2 aromatic carbocycles. The van der Waals surface area contributed by atoms with Crippen molar-refractivity contribution in [3.8, 4) is 17.2 Å². The van der Waals surface area contributed by atoms with Gasteiger partial charge in [-0.15, -0.1) is 0 Å². The largest absolute Gasteiger partial charge is 0.495 e. The van der Waals surface area contributed by atoms with Crippen LogP contribution in [-0.4, -0.2) is 85.9 Å². The highest BCUT2D eigenvalue weighted by molar-refractivity contribution is 8.18. The average molecular weight is 556 g/mol. The Morgan fingerprint density at radius 2 is 1.82 bits per heavy atom. The fourth-order valence-corrected chi connectivity index (χ4v) is 4.75. The van der Waals surface area contributed by atoms with Crippen LogP contribution in [0.5, 0.6) is 17.2 Å². The maximum absolute atomic E-state index is 12.9. The number of hydrogen-bond acceptors (Lipinski definition) is 9. The molecule has 0 unspecified atom stereocenters. The van der Waals surface area contributed by atoms with Crippen LogP contribution in [0.1, 0.15) is 12.5 Å². The van der Waals surface area contributed by atoms with Crippen molar-refractivity contribution in [1.82, 2.24) is 9.80 Å². The Hall–Kier alpha value is -4.03. The number of benzene rings is 2. The first-order valence-corrected chi connectivity index (χ1v) is 13.1. The average Bonchev–Trinajstić information content (AvgIpc) is 3.20. The third kappa shape index (κ3) is 7.09. The van der Waals surface area contributed by atoms with E-state index in [1.54, 1.807) is 53.4 Å². The number of rotatable bonds is 10. The third-order valence-corrected chi connectivity index (χ3v) is 6.74. The fourth-order valence-electron chi connectivity index (χ4n) is 3.91. The molecule has 2 saturated heterocycles. The Morgan fingerprint density at radius 3 is 2.56 bits per heavy atom. The number of imide groups is 1. The topological polar surface area (TPSA) is 124 Å². The van der Waals surface area contributed by atoms with Gasteiger partial charge in [0.2, 0.25) is 5.91 Å². The van der Waals surface area contributed by atoms with E-state index in [-0.39, 0.29) is 17.4 Å². The monoisotopic (exact) mass is 555 g/mol. The molecular weight excluding hydrogens is 526 g/mol. The predicted octanol–water partition coefficient (Wildman–Crippen LogP) is 3.01. The number of nitrogens with one attached hydrogen (secondary N) is 1. The van der Waals surface area contributed by atoms with Crippen LogP contribution in [0, 0.1) is 0 Å². The lowest BCUT2D eigenvalue weighted by Crippen LogP contribution is -2.43. The number of thioether (sulfide) groups is 1. The molecule has 1 N–H and O–H groups in total. The van der Waals surface area contributed by atoms with Crippen LogP contribution >= 0.6 is 11.8 Å². The zero-order valence-corrected chi connectivity index (χ0v) is 22.5. The van der Waals surface area contributed by atoms with Crippen molar-refractivity contribution in [3.63, 3.8) is 0 Å². The molecule has 2 aliphatic rings. The Bertz CT molecular complexity index is 1280. The van der Waals surface area contributed by atoms with Crippen LogP contribution in [0.25, 0.3) is 6.08 Å². The van der Waals surface area contributed by atoms with Crippen molar-refractivity contribution in [2.75, 3.05) is 58.5 Å². The Balaban J connectivity index is 1.41. The molecule has 0 atom stereocenters. The molecule has 206 valence electrons. The van der Waals surface area contributed by atoms with E-state index in [1.165, 1.54) is 7.11 Å². The third-order valence-electron chi connectivity index (χ3n) is 5.84. The van der Waals surface area contributed by atoms with E-state index < -0.39 is 23.6 Å². The molecule has 0 spiro atoms. The molecule has 2 fully saturated rings. The number of methoxy groups -OCH3 is 1. The molecule has 2 aliphatic heterocycles. The Labute approximate surface area is 230 Å². The highest BCUT2D eigenvalue weighted by Gasteiger charge is 2.36. The van der Waals surface area contributed by atoms with Crippen LogP contribution in [0.15, 0.2) is 47.4 Å². The Morgan fingerprint density at radius 1 is 1.05 bits per heavy atom. The Kier molecular flexibility index (Phi) is 9.45. The number of carbonyl (C=O) groups excluding carboxylic acids is 4. The van der Waals surface area contributed by atoms with Gasteiger partial charge in [-0.25, -0.2) is 0 Å². The minimum Gasteiger partial charge on any atom is -0.495 e. The second kappa shape index (κ2) is 13.2. The zero-order chi connectivity index (χ0) is 27.8. The van der Waals surface area contributed by atoms with E-state index in [9.17, 15) is 19.2 Å². The summed E-state index contributed by atoms with van der Waals surface area (Å²) in [6.45, 7) is 3.65. The van der Waals surface area contributed by atoms with Gasteiger partial charge in [-0.2, -0.15) is 0 Å². The summed E-state index contributed by atoms with van der Waals surface area (Å²) < 4.78 is 21.9. The summed E-state index contributed by atoms with van der Waals surface area (Å²) in [6.07, 6.45) is 1.55. The molecule has 2 aromatic rings. The van der Waals surface area contributed by atoms with Gasteiger partial charge in [-0.1, -0.05) is 18.2 Å². The van der Waals surface area contributed by atoms with E-state index in [1.807, 2.05) is 6.92 Å². The van der Waals surface area contributed by atoms with Gasteiger partial charge < -0.3 is 29.2 Å². The van der Waals surface area contributed by atoms with E-state index >= 15 is 0 Å². The molecule has 0 aliphatic carbocycles. The minimum atomic E-state index is -0.574. The first-order chi connectivity index (χ1) is 18.9. The van der Waals surface area contributed by atoms with Crippen LogP contribution in [-0.2, 0) is 19.1 Å². The SMILES string of the molecule is CCOc1cc(/C=C2\SC(=O)N(CC(=O)Nc3ccccc3OC)C2=O)ccc1OCC(=O)N1CCOCC1. The van der Waals surface area contributed by atoms with Gasteiger partial charge in [-0.3, -0.25) is 24.1 Å². The van der Waals surface area contributed by atoms with Gasteiger partial charge >= 0.3 is 0 Å². The highest BCUT2D eigenvalue weighted by Crippen LogP contribution is 2.35. The number of ether oxygens (including phenoxy) is 4. The molecule has 12 heteroatoms. The highest BCUT2D eigenvalue weighted by atomic mass is 32.2. The van der Waals surface area contributed by atoms with Gasteiger partial charge in [-0.05, 0) is 54.6 Å². The molecule has 11 nitrogen and oxygen atoms in total. The van der Waals surface area contributed by atoms with Crippen LogP contribution in [0.3, 0.4) is 0 Å². The lowest BCUT2D eigenvalue weighted by Gasteiger charge is -2.26. The number of carbonyl (C=O) groups is 4. The number of para-hydroxylation sites is 2. The van der Waals surface area contributed by atoms with Gasteiger partial charge in [0.1, 0.15) is 12.3 Å². The standard InChI is InChI=1S/C27H29N3O8S/c1-3-37-22-14-18(8-9-21(22)38-17-25(32)29-10-12-36-13-11-29)15-23-26(33)30(27(34)39-23)16-24(31)28-19-6-4-5-7-20(19)35-2/h4-9,14-15H,3,10-13,16-17H2,1-2H3,(H,28,31)/b23-15-. The molecule has 0 aromatic heterocycles. The van der Waals surface area contributed by atoms with E-state index in [2.05, 4.69) is 5.32 Å². The van der Waals surface area contributed by atoms with E-state index in [4.69, 9.17) is 18.9 Å². The van der Waals surface area contributed by atoms with E-state index in [0.717, 1.165) is 16.7 Å². The van der Waals surface area contributed by atoms with E-state index in [0.29, 0.717) is 61.4 Å². The molecular formula is C27H29N3O8S. The molecule has 0 radical (unpaired) electrons. The fraction of sp³-hybridized carbons (Fsp3) is 0.333. The summed E-state index contributed by atoms with van der Waals surface area (Å²) in [4.78, 5) is 53.2. The summed E-state index contributed by atoms with van der Waals surface area (Å²) in [7, 11) is 1.48. The maximum Gasteiger partial charge on any atom is 0.294 e. The second-order valence-corrected chi connectivity index (χ2v) is 9.43. The summed E-state index contributed by atoms with van der Waals surface area (Å²) in [6, 6.07) is 11.8. The summed E-state index contributed by atoms with van der Waals surface area (Å²) >= 11 is 0.747. The van der Waals surface area contributed by atoms with Crippen molar-refractivity contribution < 1.29 is 38.1 Å². The molecule has 39 heavy (non-hydrogen) atoms. The van der Waals surface area contributed by atoms with Gasteiger partial charge in [0.15, 0.2) is 18.1 Å². The zero-order valence-electron chi connectivity index (χ0n) is 21.6. The molecule has 2 heterocycles. The van der Waals surface area contributed by atoms with Gasteiger partial charge in [0, 0.05) is 13.1 Å². The first kappa shape index (κ1) is 28.0. The van der Waals surface area contributed by atoms with Gasteiger partial charge in [0.25, 0.3) is 17.1 Å². The number of morpholine rings is 1. The van der Waals surface area contributed by atoms with Crippen LogP contribution in [0.4, 0.5) is 10.5 Å². The lowest BCUT2D eigenvalue weighted by atomic mass is 10.2. The summed E-state index contributed by atoms with van der Waals surface area (Å²) in [5.41, 5.74) is 1.03. The number of anilines is 1. The number of nitrogens with zero attached hydrogens (tertiary/aromatic N) is 2. The number of hydrogen-bond donors (Lipinski definition) is 1. The summed E-state index contributed by atoms with van der Waals surface area (Å²) in [5.74, 6) is -0.00586. The molecule has 0 bridgehead atoms. The molecule has 4 amide bonds. The van der Waals surface area contributed by atoms with Crippen molar-refractivity contribution in [1.29, 1.82) is 0 Å². The smallest absolute Gasteiger partial charge is 0.294 e. The van der Waals surface area contributed by atoms with Crippen LogP contribution in [0.2, 0.25) is 0 Å². The second-order valence-electron chi connectivity index (χ2n) is 8.44. The van der Waals surface area contributed by atoms with Crippen molar-refractivity contribution >= 4 is 46.5 Å². The van der Waals surface area contributed by atoms with Crippen molar-refractivity contribution in [2.24, 2.45) is 0 Å². The van der Waals surface area contributed by atoms with Crippen molar-refractivity contribution in [3.05, 3.63) is 52.9 Å².